The molecule has 0 bridgehead atoms. The van der Waals surface area contributed by atoms with Gasteiger partial charge < -0.3 is 10.6 Å². The van der Waals surface area contributed by atoms with Gasteiger partial charge in [-0.3, -0.25) is 4.79 Å². The maximum Gasteiger partial charge on any atom is 0.446 e. The molecule has 1 aromatic rings. The van der Waals surface area contributed by atoms with E-state index in [1.165, 1.54) is 29.2 Å². The van der Waals surface area contributed by atoms with Gasteiger partial charge in [-0.25, -0.2) is 0 Å². The second kappa shape index (κ2) is 7.87. The number of alkyl halides is 3. The van der Waals surface area contributed by atoms with E-state index >= 15 is 0 Å². The van der Waals surface area contributed by atoms with Crippen LogP contribution in [0.2, 0.25) is 0 Å². The third kappa shape index (κ3) is 6.27. The van der Waals surface area contributed by atoms with Gasteiger partial charge in [0.15, 0.2) is 0 Å². The number of nitrogens with zero attached hydrogens (tertiary/aromatic N) is 1. The van der Waals surface area contributed by atoms with Crippen molar-refractivity contribution in [2.45, 2.75) is 36.7 Å². The van der Waals surface area contributed by atoms with E-state index in [-0.39, 0.29) is 28.6 Å². The number of halogens is 3. The number of rotatable bonds is 6. The highest BCUT2D eigenvalue weighted by molar-refractivity contribution is 8.00. The SMILES string of the molecule is CC(C)C(N)CCN(C)C(=O)c1ccc(SC(F)(F)F)cc1. The molecule has 1 atom stereocenters. The highest BCUT2D eigenvalue weighted by Crippen LogP contribution is 2.36. The molecule has 0 spiro atoms. The number of nitrogens with two attached hydrogens (primary N) is 1. The van der Waals surface area contributed by atoms with Crippen molar-refractivity contribution in [3.8, 4) is 0 Å². The van der Waals surface area contributed by atoms with Crippen LogP contribution in [0.1, 0.15) is 30.6 Å². The van der Waals surface area contributed by atoms with Gasteiger partial charge in [-0.15, -0.1) is 0 Å². The van der Waals surface area contributed by atoms with E-state index in [0.29, 0.717) is 24.4 Å². The first-order valence-corrected chi connectivity index (χ1v) is 7.78. The van der Waals surface area contributed by atoms with Crippen molar-refractivity contribution < 1.29 is 18.0 Å². The summed E-state index contributed by atoms with van der Waals surface area (Å²) in [6.45, 7) is 4.55. The normalized spacial score (nSPS) is 13.3. The summed E-state index contributed by atoms with van der Waals surface area (Å²) in [5.74, 6) is 0.113. The minimum Gasteiger partial charge on any atom is -0.342 e. The van der Waals surface area contributed by atoms with Crippen LogP contribution in [0.15, 0.2) is 29.2 Å². The van der Waals surface area contributed by atoms with Gasteiger partial charge in [0.25, 0.3) is 5.91 Å². The van der Waals surface area contributed by atoms with Crippen LogP contribution in [-0.2, 0) is 0 Å². The van der Waals surface area contributed by atoms with Gasteiger partial charge in [0.05, 0.1) is 0 Å². The summed E-state index contributed by atoms with van der Waals surface area (Å²) in [4.78, 5) is 13.8. The Labute approximate surface area is 133 Å². The molecule has 0 aliphatic heterocycles. The Morgan fingerprint density at radius 1 is 1.27 bits per heavy atom. The molecule has 0 fully saturated rings. The van der Waals surface area contributed by atoms with Crippen molar-refractivity contribution in [3.05, 3.63) is 29.8 Å². The van der Waals surface area contributed by atoms with Gasteiger partial charge in [0.1, 0.15) is 0 Å². The number of thioether (sulfide) groups is 1. The lowest BCUT2D eigenvalue weighted by Gasteiger charge is -2.21. The zero-order valence-electron chi connectivity index (χ0n) is 12.9. The minimum absolute atomic E-state index is 0.0146. The first-order valence-electron chi connectivity index (χ1n) is 6.97. The predicted molar refractivity (Wildman–Crippen MR) is 82.7 cm³/mol. The van der Waals surface area contributed by atoms with E-state index < -0.39 is 5.51 Å². The number of carbonyl (C=O) groups excluding carboxylic acids is 1. The summed E-state index contributed by atoms with van der Waals surface area (Å²) >= 11 is -0.195. The molecule has 0 radical (unpaired) electrons. The minimum atomic E-state index is -4.32. The van der Waals surface area contributed by atoms with E-state index in [0.717, 1.165) is 0 Å². The monoisotopic (exact) mass is 334 g/mol. The summed E-state index contributed by atoms with van der Waals surface area (Å²) in [7, 11) is 1.66. The molecule has 0 heterocycles. The predicted octanol–water partition coefficient (Wildman–Crippen LogP) is 3.74. The highest BCUT2D eigenvalue weighted by atomic mass is 32.2. The fourth-order valence-electron chi connectivity index (χ4n) is 1.80. The summed E-state index contributed by atoms with van der Waals surface area (Å²) < 4.78 is 36.7. The van der Waals surface area contributed by atoms with Crippen molar-refractivity contribution in [1.29, 1.82) is 0 Å². The molecular formula is C15H21F3N2OS. The molecule has 1 unspecified atom stereocenters. The smallest absolute Gasteiger partial charge is 0.342 e. The van der Waals surface area contributed by atoms with Crippen LogP contribution in [0.4, 0.5) is 13.2 Å². The molecular weight excluding hydrogens is 313 g/mol. The van der Waals surface area contributed by atoms with Gasteiger partial charge in [-0.1, -0.05) is 13.8 Å². The van der Waals surface area contributed by atoms with Crippen LogP contribution in [0.3, 0.4) is 0 Å². The molecule has 7 heteroatoms. The maximum atomic E-state index is 12.2. The zero-order chi connectivity index (χ0) is 16.9. The zero-order valence-corrected chi connectivity index (χ0v) is 13.7. The number of hydrogen-bond acceptors (Lipinski definition) is 3. The highest BCUT2D eigenvalue weighted by Gasteiger charge is 2.29. The van der Waals surface area contributed by atoms with E-state index in [1.807, 2.05) is 13.8 Å². The lowest BCUT2D eigenvalue weighted by Crippen LogP contribution is -2.34. The summed E-state index contributed by atoms with van der Waals surface area (Å²) in [5, 5.41) is 0. The Morgan fingerprint density at radius 2 is 1.82 bits per heavy atom. The lowest BCUT2D eigenvalue weighted by atomic mass is 10.0. The lowest BCUT2D eigenvalue weighted by molar-refractivity contribution is -0.0328. The van der Waals surface area contributed by atoms with Crippen LogP contribution < -0.4 is 5.73 Å². The van der Waals surface area contributed by atoms with E-state index in [2.05, 4.69) is 0 Å². The average molecular weight is 334 g/mol. The molecule has 2 N–H and O–H groups in total. The molecule has 1 aromatic carbocycles. The second-order valence-electron chi connectivity index (χ2n) is 5.50. The maximum absolute atomic E-state index is 12.2. The van der Waals surface area contributed by atoms with E-state index in [4.69, 9.17) is 5.73 Å². The van der Waals surface area contributed by atoms with E-state index in [1.54, 1.807) is 7.05 Å². The van der Waals surface area contributed by atoms with Crippen LogP contribution in [0.5, 0.6) is 0 Å². The molecule has 1 amide bonds. The molecule has 1 rings (SSSR count). The fourth-order valence-corrected chi connectivity index (χ4v) is 2.34. The van der Waals surface area contributed by atoms with Crippen molar-refractivity contribution in [2.24, 2.45) is 11.7 Å². The molecule has 0 saturated heterocycles. The topological polar surface area (TPSA) is 46.3 Å². The van der Waals surface area contributed by atoms with Gasteiger partial charge in [-0.05, 0) is 48.4 Å². The van der Waals surface area contributed by atoms with Crippen molar-refractivity contribution in [3.63, 3.8) is 0 Å². The Bertz CT molecular complexity index is 489. The molecule has 0 aromatic heterocycles. The van der Waals surface area contributed by atoms with Crippen LogP contribution >= 0.6 is 11.8 Å². The molecule has 0 aliphatic carbocycles. The number of hydrogen-bond donors (Lipinski definition) is 1. The van der Waals surface area contributed by atoms with E-state index in [9.17, 15) is 18.0 Å². The second-order valence-corrected chi connectivity index (χ2v) is 6.63. The Morgan fingerprint density at radius 3 is 2.27 bits per heavy atom. The first kappa shape index (κ1) is 18.8. The third-order valence-corrected chi connectivity index (χ3v) is 4.08. The van der Waals surface area contributed by atoms with Crippen molar-refractivity contribution in [2.75, 3.05) is 13.6 Å². The Balaban J connectivity index is 2.61. The number of benzene rings is 1. The van der Waals surface area contributed by atoms with Gasteiger partial charge in [0, 0.05) is 30.1 Å². The Kier molecular flexibility index (Phi) is 6.74. The summed E-state index contributed by atoms with van der Waals surface area (Å²) in [6.07, 6.45) is 0.682. The number of carbonyl (C=O) groups is 1. The Hall–Kier alpha value is -1.21. The molecule has 0 aliphatic rings. The van der Waals surface area contributed by atoms with Gasteiger partial charge in [0.2, 0.25) is 0 Å². The number of amides is 1. The standard InChI is InChI=1S/C15H21F3N2OS/c1-10(2)13(19)8-9-20(3)14(21)11-4-6-12(7-5-11)22-15(16,17)18/h4-7,10,13H,8-9,19H2,1-3H3. The van der Waals surface area contributed by atoms with Crippen molar-refractivity contribution >= 4 is 17.7 Å². The van der Waals surface area contributed by atoms with Crippen LogP contribution in [0.25, 0.3) is 0 Å². The average Bonchev–Trinajstić information content (AvgIpc) is 2.42. The van der Waals surface area contributed by atoms with Crippen molar-refractivity contribution in [1.82, 2.24) is 4.90 Å². The molecule has 124 valence electrons. The molecule has 3 nitrogen and oxygen atoms in total. The fraction of sp³-hybridized carbons (Fsp3) is 0.533. The summed E-state index contributed by atoms with van der Waals surface area (Å²) in [6, 6.07) is 5.45. The largest absolute Gasteiger partial charge is 0.446 e. The third-order valence-electron chi connectivity index (χ3n) is 3.34. The van der Waals surface area contributed by atoms with Crippen LogP contribution in [-0.4, -0.2) is 35.9 Å². The summed E-state index contributed by atoms with van der Waals surface area (Å²) in [5.41, 5.74) is 1.98. The first-order chi connectivity index (χ1) is 10.1. The van der Waals surface area contributed by atoms with Gasteiger partial charge >= 0.3 is 5.51 Å². The van der Waals surface area contributed by atoms with Crippen LogP contribution in [0, 0.1) is 5.92 Å². The van der Waals surface area contributed by atoms with Gasteiger partial charge in [-0.2, -0.15) is 13.2 Å². The molecule has 0 saturated carbocycles. The molecule has 22 heavy (non-hydrogen) atoms. The quantitative estimate of drug-likeness (QED) is 0.806.